The summed E-state index contributed by atoms with van der Waals surface area (Å²) in [7, 11) is 0. The van der Waals surface area contributed by atoms with Crippen LogP contribution in [0.25, 0.3) is 0 Å². The van der Waals surface area contributed by atoms with E-state index in [-0.39, 0.29) is 0 Å². The topological polar surface area (TPSA) is 159 Å². The Bertz CT molecular complexity index is 892. The highest BCUT2D eigenvalue weighted by Gasteiger charge is 2.63. The van der Waals surface area contributed by atoms with Gasteiger partial charge in [0.05, 0.1) is 0 Å². The molecule has 0 radical (unpaired) electrons. The summed E-state index contributed by atoms with van der Waals surface area (Å²) in [5.41, 5.74) is -6.76. The Morgan fingerprint density at radius 2 is 1.48 bits per heavy atom. The molecular formula is C19H28N2O8. The summed E-state index contributed by atoms with van der Waals surface area (Å²) in [4.78, 5) is 51.5. The quantitative estimate of drug-likeness (QED) is 0.464. The van der Waals surface area contributed by atoms with E-state index in [2.05, 4.69) is 0 Å². The van der Waals surface area contributed by atoms with E-state index in [1.165, 1.54) is 41.5 Å². The number of carbonyl (C=O) groups is 2. The van der Waals surface area contributed by atoms with Crippen molar-refractivity contribution in [1.82, 2.24) is 9.55 Å². The maximum Gasteiger partial charge on any atom is 0.330 e. The highest BCUT2D eigenvalue weighted by molar-refractivity contribution is 6.14. The Kier molecular flexibility index (Phi) is 5.81. The van der Waals surface area contributed by atoms with Gasteiger partial charge in [-0.3, -0.25) is 23.9 Å². The zero-order valence-electron chi connectivity index (χ0n) is 17.3. The van der Waals surface area contributed by atoms with Crippen molar-refractivity contribution in [2.45, 2.75) is 71.7 Å². The molecule has 2 heterocycles. The van der Waals surface area contributed by atoms with Crippen LogP contribution in [0, 0.1) is 10.8 Å². The van der Waals surface area contributed by atoms with E-state index in [1.54, 1.807) is 0 Å². The van der Waals surface area contributed by atoms with Crippen molar-refractivity contribution in [3.05, 3.63) is 33.1 Å². The minimum absolute atomic E-state index is 0.682. The second kappa shape index (κ2) is 7.28. The molecule has 0 spiro atoms. The Hall–Kier alpha value is -2.14. The van der Waals surface area contributed by atoms with E-state index >= 15 is 0 Å². The van der Waals surface area contributed by atoms with Gasteiger partial charge in [-0.25, -0.2) is 4.79 Å². The van der Waals surface area contributed by atoms with Crippen molar-refractivity contribution >= 4 is 11.6 Å². The lowest BCUT2D eigenvalue weighted by atomic mass is 9.68. The van der Waals surface area contributed by atoms with Crippen LogP contribution in [0.4, 0.5) is 0 Å². The molecule has 0 aliphatic carbocycles. The zero-order valence-corrected chi connectivity index (χ0v) is 17.3. The first-order chi connectivity index (χ1) is 13.0. The van der Waals surface area contributed by atoms with E-state index in [4.69, 9.17) is 4.74 Å². The lowest BCUT2D eigenvalue weighted by Gasteiger charge is -2.39. The number of hydrogen-bond donors (Lipinski definition) is 4. The van der Waals surface area contributed by atoms with Crippen molar-refractivity contribution < 1.29 is 29.6 Å². The van der Waals surface area contributed by atoms with E-state index < -0.39 is 63.8 Å². The average molecular weight is 412 g/mol. The number of H-pyrrole nitrogens is 1. The molecule has 1 aliphatic rings. The second-order valence-corrected chi connectivity index (χ2v) is 9.37. The van der Waals surface area contributed by atoms with E-state index in [9.17, 15) is 34.5 Å². The molecule has 4 atom stereocenters. The van der Waals surface area contributed by atoms with Crippen LogP contribution in [0.5, 0.6) is 0 Å². The molecule has 0 unspecified atom stereocenters. The van der Waals surface area contributed by atoms with Crippen molar-refractivity contribution in [2.24, 2.45) is 10.8 Å². The maximum atomic E-state index is 13.1. The molecule has 0 aromatic carbocycles. The van der Waals surface area contributed by atoms with Gasteiger partial charge in [-0.2, -0.15) is 0 Å². The Morgan fingerprint density at radius 1 is 1.00 bits per heavy atom. The van der Waals surface area contributed by atoms with Crippen LogP contribution >= 0.6 is 0 Å². The predicted molar refractivity (Wildman–Crippen MR) is 101 cm³/mol. The first-order valence-electron chi connectivity index (χ1n) is 9.18. The Balaban J connectivity index is 2.60. The molecule has 0 amide bonds. The number of aromatic nitrogens is 2. The highest BCUT2D eigenvalue weighted by atomic mass is 16.6. The van der Waals surface area contributed by atoms with Gasteiger partial charge in [0, 0.05) is 23.1 Å². The SMILES string of the molecule is CC(C)(C)C(=O)C(O)(C(=O)C(C)(C)C)[C@H]1O[C@@H](n2ccc(=O)[nH]c2=O)[C@H](O)[C@@H]1O. The standard InChI is InChI=1S/C19H28N2O8/c1-17(2,3)14(25)19(28,15(26)18(4,5)6)12-10(23)11(24)13(29-12)21-8-7-9(22)20-16(21)27/h7-8,10-13,23-24,28H,1-6H3,(H,20,22,27)/t10-,11+,12-,13+/m0/s1. The third-order valence-corrected chi connectivity index (χ3v) is 4.83. The average Bonchev–Trinajstić information content (AvgIpc) is 2.87. The van der Waals surface area contributed by atoms with Crippen LogP contribution in [0.15, 0.2) is 21.9 Å². The number of nitrogens with one attached hydrogen (secondary N) is 1. The smallest absolute Gasteiger partial charge is 0.330 e. The molecular weight excluding hydrogens is 384 g/mol. The van der Waals surface area contributed by atoms with Crippen molar-refractivity contribution in [3.63, 3.8) is 0 Å². The fourth-order valence-corrected chi connectivity index (χ4v) is 3.37. The first-order valence-corrected chi connectivity index (χ1v) is 9.18. The van der Waals surface area contributed by atoms with E-state index in [1.807, 2.05) is 4.98 Å². The van der Waals surface area contributed by atoms with E-state index in [0.29, 0.717) is 0 Å². The Morgan fingerprint density at radius 3 is 1.90 bits per heavy atom. The summed E-state index contributed by atoms with van der Waals surface area (Å²) in [5, 5.41) is 32.4. The van der Waals surface area contributed by atoms with Gasteiger partial charge >= 0.3 is 5.69 Å². The monoisotopic (exact) mass is 412 g/mol. The summed E-state index contributed by atoms with van der Waals surface area (Å²) in [6.07, 6.45) is -5.94. The van der Waals surface area contributed by atoms with Gasteiger partial charge in [-0.1, -0.05) is 41.5 Å². The molecule has 10 heteroatoms. The summed E-state index contributed by atoms with van der Waals surface area (Å²) in [5.74, 6) is -1.79. The number of ketones is 2. The zero-order chi connectivity index (χ0) is 22.5. The number of aliphatic hydroxyl groups is 3. The third kappa shape index (κ3) is 3.97. The fourth-order valence-electron chi connectivity index (χ4n) is 3.37. The number of hydrogen-bond acceptors (Lipinski definition) is 8. The van der Waals surface area contributed by atoms with Crippen LogP contribution in [0.1, 0.15) is 47.8 Å². The molecule has 1 aromatic heterocycles. The van der Waals surface area contributed by atoms with Crippen molar-refractivity contribution in [3.8, 4) is 0 Å². The molecule has 162 valence electrons. The lowest BCUT2D eigenvalue weighted by molar-refractivity contribution is -0.185. The molecule has 29 heavy (non-hydrogen) atoms. The number of ether oxygens (including phenoxy) is 1. The predicted octanol–water partition coefficient (Wildman–Crippen LogP) is -0.883. The molecule has 1 fully saturated rings. The van der Waals surface area contributed by atoms with Gasteiger partial charge in [0.15, 0.2) is 17.8 Å². The Labute approximate surface area is 167 Å². The maximum absolute atomic E-state index is 13.1. The number of Topliss-reactive ketones (excluding diaryl/α,β-unsaturated/α-hetero) is 2. The summed E-state index contributed by atoms with van der Waals surface area (Å²) >= 11 is 0. The van der Waals surface area contributed by atoms with Crippen molar-refractivity contribution in [2.75, 3.05) is 0 Å². The fraction of sp³-hybridized carbons (Fsp3) is 0.684. The number of aromatic amines is 1. The van der Waals surface area contributed by atoms with Gasteiger partial charge in [0.2, 0.25) is 5.60 Å². The molecule has 1 saturated heterocycles. The molecule has 10 nitrogen and oxygen atoms in total. The molecule has 0 bridgehead atoms. The molecule has 0 saturated carbocycles. The van der Waals surface area contributed by atoms with Crippen LogP contribution in [0.2, 0.25) is 0 Å². The third-order valence-electron chi connectivity index (χ3n) is 4.83. The minimum atomic E-state index is -2.78. The number of carbonyl (C=O) groups excluding carboxylic acids is 2. The molecule has 2 rings (SSSR count). The van der Waals surface area contributed by atoms with Crippen LogP contribution in [-0.4, -0.2) is 60.4 Å². The summed E-state index contributed by atoms with van der Waals surface area (Å²) in [6, 6.07) is 1.00. The number of aliphatic hydroxyl groups excluding tert-OH is 2. The molecule has 4 N–H and O–H groups in total. The second-order valence-electron chi connectivity index (χ2n) is 9.37. The first kappa shape index (κ1) is 23.1. The van der Waals surface area contributed by atoms with Crippen molar-refractivity contribution in [1.29, 1.82) is 0 Å². The largest absolute Gasteiger partial charge is 0.387 e. The number of nitrogens with zero attached hydrogens (tertiary/aromatic N) is 1. The van der Waals surface area contributed by atoms with Gasteiger partial charge in [0.25, 0.3) is 5.56 Å². The molecule has 1 aliphatic heterocycles. The normalized spacial score (nSPS) is 25.8. The van der Waals surface area contributed by atoms with Gasteiger partial charge < -0.3 is 20.1 Å². The minimum Gasteiger partial charge on any atom is -0.387 e. The van der Waals surface area contributed by atoms with Crippen LogP contribution in [-0.2, 0) is 14.3 Å². The van der Waals surface area contributed by atoms with Gasteiger partial charge in [0.1, 0.15) is 18.3 Å². The van der Waals surface area contributed by atoms with Crippen LogP contribution < -0.4 is 11.2 Å². The van der Waals surface area contributed by atoms with Gasteiger partial charge in [-0.05, 0) is 0 Å². The molecule has 1 aromatic rings. The van der Waals surface area contributed by atoms with Gasteiger partial charge in [-0.15, -0.1) is 0 Å². The summed E-state index contributed by atoms with van der Waals surface area (Å²) < 4.78 is 6.34. The van der Waals surface area contributed by atoms with E-state index in [0.717, 1.165) is 16.8 Å². The summed E-state index contributed by atoms with van der Waals surface area (Å²) in [6.45, 7) is 8.99. The van der Waals surface area contributed by atoms with Crippen LogP contribution in [0.3, 0.4) is 0 Å². The number of rotatable bonds is 4. The lowest BCUT2D eigenvalue weighted by Crippen LogP contribution is -2.65. The highest BCUT2D eigenvalue weighted by Crippen LogP contribution is 2.41.